The van der Waals surface area contributed by atoms with Crippen LogP contribution in [0.2, 0.25) is 0 Å². The molecule has 8 heteroatoms. The molecule has 0 aliphatic carbocycles. The molecule has 7 nitrogen and oxygen atoms in total. The third-order valence-electron chi connectivity index (χ3n) is 4.26. The van der Waals surface area contributed by atoms with E-state index in [9.17, 15) is 0 Å². The van der Waals surface area contributed by atoms with Gasteiger partial charge in [-0.25, -0.2) is 4.98 Å². The average Bonchev–Trinajstić information content (AvgIpc) is 3.36. The van der Waals surface area contributed by atoms with Crippen molar-refractivity contribution in [1.29, 1.82) is 0 Å². The highest BCUT2D eigenvalue weighted by Gasteiger charge is 2.13. The van der Waals surface area contributed by atoms with Gasteiger partial charge in [0.25, 0.3) is 0 Å². The molecular weight excluding hydrogens is 374 g/mol. The van der Waals surface area contributed by atoms with E-state index in [0.717, 1.165) is 28.3 Å². The summed E-state index contributed by atoms with van der Waals surface area (Å²) in [4.78, 5) is 4.56. The second-order valence-corrected chi connectivity index (χ2v) is 7.27. The maximum absolute atomic E-state index is 5.62. The summed E-state index contributed by atoms with van der Waals surface area (Å²) in [6.45, 7) is 4.12. The number of hydrogen-bond donors (Lipinski definition) is 0. The molecule has 0 aliphatic rings. The van der Waals surface area contributed by atoms with Gasteiger partial charge in [0.05, 0.1) is 18.5 Å². The first-order valence-corrected chi connectivity index (χ1v) is 9.70. The first kappa shape index (κ1) is 18.2. The van der Waals surface area contributed by atoms with Gasteiger partial charge >= 0.3 is 0 Å². The van der Waals surface area contributed by atoms with Crippen LogP contribution < -0.4 is 4.74 Å². The van der Waals surface area contributed by atoms with Crippen molar-refractivity contribution >= 4 is 11.8 Å². The van der Waals surface area contributed by atoms with Crippen LogP contribution in [0.5, 0.6) is 5.75 Å². The molecule has 2 aromatic carbocycles. The quantitative estimate of drug-likeness (QED) is 0.453. The zero-order valence-electron chi connectivity index (χ0n) is 15.8. The highest BCUT2D eigenvalue weighted by atomic mass is 32.2. The van der Waals surface area contributed by atoms with Crippen LogP contribution in [0.3, 0.4) is 0 Å². The van der Waals surface area contributed by atoms with Crippen LogP contribution >= 0.6 is 11.8 Å². The Balaban J connectivity index is 1.49. The Labute approximate surface area is 166 Å². The molecule has 0 N–H and O–H groups in total. The van der Waals surface area contributed by atoms with Crippen LogP contribution in [-0.4, -0.2) is 32.3 Å². The minimum atomic E-state index is 0.576. The summed E-state index contributed by atoms with van der Waals surface area (Å²) >= 11 is 1.51. The van der Waals surface area contributed by atoms with Gasteiger partial charge in [0.1, 0.15) is 12.0 Å². The number of tetrazole rings is 1. The van der Waals surface area contributed by atoms with Gasteiger partial charge < -0.3 is 9.15 Å². The number of hydrogen-bond acceptors (Lipinski definition) is 7. The zero-order chi connectivity index (χ0) is 19.5. The number of thioether (sulfide) groups is 1. The molecule has 4 rings (SSSR count). The number of methoxy groups -OCH3 is 1. The molecule has 0 unspecified atom stereocenters. The number of aryl methyl sites for hydroxylation is 2. The van der Waals surface area contributed by atoms with E-state index in [2.05, 4.69) is 46.5 Å². The van der Waals surface area contributed by atoms with E-state index in [1.54, 1.807) is 18.1 Å². The van der Waals surface area contributed by atoms with E-state index >= 15 is 0 Å². The topological polar surface area (TPSA) is 78.9 Å². The van der Waals surface area contributed by atoms with Crippen molar-refractivity contribution in [1.82, 2.24) is 25.2 Å². The molecule has 0 spiro atoms. The molecule has 142 valence electrons. The molecule has 0 aliphatic heterocycles. The van der Waals surface area contributed by atoms with E-state index < -0.39 is 0 Å². The zero-order valence-corrected chi connectivity index (χ0v) is 16.6. The van der Waals surface area contributed by atoms with E-state index in [0.29, 0.717) is 16.8 Å². The highest BCUT2D eigenvalue weighted by molar-refractivity contribution is 7.98. The first-order valence-electron chi connectivity index (χ1n) is 8.71. The Hall–Kier alpha value is -3.13. The number of ether oxygens (including phenoxy) is 1. The van der Waals surface area contributed by atoms with Gasteiger partial charge in [-0.3, -0.25) is 0 Å². The molecule has 0 radical (unpaired) electrons. The number of oxazole rings is 1. The molecule has 0 bridgehead atoms. The molecule has 0 saturated heterocycles. The van der Waals surface area contributed by atoms with Crippen molar-refractivity contribution in [2.24, 2.45) is 0 Å². The highest BCUT2D eigenvalue weighted by Crippen LogP contribution is 2.26. The fourth-order valence-corrected chi connectivity index (χ4v) is 3.60. The monoisotopic (exact) mass is 393 g/mol. The number of nitrogens with zero attached hydrogens (tertiary/aromatic N) is 5. The van der Waals surface area contributed by atoms with Gasteiger partial charge in [0.2, 0.25) is 11.0 Å². The van der Waals surface area contributed by atoms with Crippen molar-refractivity contribution in [3.63, 3.8) is 0 Å². The molecular formula is C20H19N5O2S. The average molecular weight is 393 g/mol. The maximum atomic E-state index is 5.62. The lowest BCUT2D eigenvalue weighted by atomic mass is 10.1. The summed E-state index contributed by atoms with van der Waals surface area (Å²) in [5.41, 5.74) is 5.02. The van der Waals surface area contributed by atoms with Crippen LogP contribution in [0.25, 0.3) is 17.1 Å². The SMILES string of the molecule is COc1ccc(-c2nc(CSc3nnnn3-c3ccc(C)cc3C)co2)cc1. The van der Waals surface area contributed by atoms with Crippen molar-refractivity contribution in [3.8, 4) is 22.9 Å². The molecule has 2 heterocycles. The predicted molar refractivity (Wildman–Crippen MR) is 107 cm³/mol. The summed E-state index contributed by atoms with van der Waals surface area (Å²) in [6, 6.07) is 13.8. The van der Waals surface area contributed by atoms with Crippen LogP contribution in [-0.2, 0) is 5.75 Å². The number of aromatic nitrogens is 5. The summed E-state index contributed by atoms with van der Waals surface area (Å²) < 4.78 is 12.5. The third kappa shape index (κ3) is 3.77. The standard InChI is InChI=1S/C20H19N5O2S/c1-13-4-9-18(14(2)10-13)25-20(22-23-24-25)28-12-16-11-27-19(21-16)15-5-7-17(26-3)8-6-15/h4-11H,12H2,1-3H3. The van der Waals surface area contributed by atoms with Crippen molar-refractivity contribution in [2.45, 2.75) is 24.8 Å². The van der Waals surface area contributed by atoms with Crippen molar-refractivity contribution < 1.29 is 9.15 Å². The van der Waals surface area contributed by atoms with Gasteiger partial charge in [0.15, 0.2) is 0 Å². The second kappa shape index (κ2) is 7.85. The van der Waals surface area contributed by atoms with E-state index in [-0.39, 0.29) is 0 Å². The van der Waals surface area contributed by atoms with Gasteiger partial charge in [-0.05, 0) is 60.2 Å². The molecule has 4 aromatic rings. The van der Waals surface area contributed by atoms with Crippen LogP contribution in [0.4, 0.5) is 0 Å². The predicted octanol–water partition coefficient (Wildman–Crippen LogP) is 4.24. The summed E-state index contributed by atoms with van der Waals surface area (Å²) in [5, 5.41) is 12.8. The van der Waals surface area contributed by atoms with E-state index in [1.807, 2.05) is 30.3 Å². The Morgan fingerprint density at radius 1 is 1.11 bits per heavy atom. The Morgan fingerprint density at radius 3 is 2.68 bits per heavy atom. The summed E-state index contributed by atoms with van der Waals surface area (Å²) in [5.74, 6) is 1.97. The van der Waals surface area contributed by atoms with Crippen LogP contribution in [0, 0.1) is 13.8 Å². The lowest BCUT2D eigenvalue weighted by Gasteiger charge is -2.07. The van der Waals surface area contributed by atoms with E-state index in [4.69, 9.17) is 9.15 Å². The fourth-order valence-electron chi connectivity index (χ4n) is 2.84. The Bertz CT molecular complexity index is 1090. The van der Waals surface area contributed by atoms with Gasteiger partial charge in [0, 0.05) is 11.3 Å². The van der Waals surface area contributed by atoms with E-state index in [1.165, 1.54) is 17.3 Å². The third-order valence-corrected chi connectivity index (χ3v) is 5.21. The normalized spacial score (nSPS) is 11.0. The Morgan fingerprint density at radius 2 is 1.93 bits per heavy atom. The summed E-state index contributed by atoms with van der Waals surface area (Å²) in [7, 11) is 1.64. The Kier molecular flexibility index (Phi) is 5.12. The number of benzene rings is 2. The first-order chi connectivity index (χ1) is 13.6. The smallest absolute Gasteiger partial charge is 0.226 e. The summed E-state index contributed by atoms with van der Waals surface area (Å²) in [6.07, 6.45) is 1.66. The lowest BCUT2D eigenvalue weighted by molar-refractivity contribution is 0.415. The van der Waals surface area contributed by atoms with Crippen LogP contribution in [0.1, 0.15) is 16.8 Å². The fraction of sp³-hybridized carbons (Fsp3) is 0.200. The maximum Gasteiger partial charge on any atom is 0.226 e. The lowest BCUT2D eigenvalue weighted by Crippen LogP contribution is -2.02. The van der Waals surface area contributed by atoms with Crippen LogP contribution in [0.15, 0.2) is 58.3 Å². The second-order valence-electron chi connectivity index (χ2n) is 6.32. The van der Waals surface area contributed by atoms with Gasteiger partial charge in [-0.15, -0.1) is 5.10 Å². The number of rotatable bonds is 6. The van der Waals surface area contributed by atoms with Crippen molar-refractivity contribution in [3.05, 3.63) is 65.5 Å². The minimum Gasteiger partial charge on any atom is -0.497 e. The molecule has 0 atom stereocenters. The minimum absolute atomic E-state index is 0.576. The van der Waals surface area contributed by atoms with Gasteiger partial charge in [-0.2, -0.15) is 4.68 Å². The molecule has 2 aromatic heterocycles. The van der Waals surface area contributed by atoms with Gasteiger partial charge in [-0.1, -0.05) is 29.5 Å². The molecule has 28 heavy (non-hydrogen) atoms. The molecule has 0 amide bonds. The molecule has 0 fully saturated rings. The molecule has 0 saturated carbocycles. The largest absolute Gasteiger partial charge is 0.497 e. The van der Waals surface area contributed by atoms with Crippen molar-refractivity contribution in [2.75, 3.05) is 7.11 Å².